The van der Waals surface area contributed by atoms with E-state index in [4.69, 9.17) is 4.74 Å². The second kappa shape index (κ2) is 8.00. The number of halogens is 1. The van der Waals surface area contributed by atoms with E-state index in [-0.39, 0.29) is 23.8 Å². The lowest BCUT2D eigenvalue weighted by atomic mass is 10.0. The summed E-state index contributed by atoms with van der Waals surface area (Å²) in [6.07, 6.45) is 5.20. The number of nitrogens with zero attached hydrogens (tertiary/aromatic N) is 2. The van der Waals surface area contributed by atoms with E-state index >= 15 is 0 Å². The van der Waals surface area contributed by atoms with E-state index in [0.717, 1.165) is 24.9 Å². The van der Waals surface area contributed by atoms with Gasteiger partial charge in [-0.1, -0.05) is 13.0 Å². The van der Waals surface area contributed by atoms with Crippen molar-refractivity contribution >= 4 is 6.03 Å². The minimum atomic E-state index is -0.337. The van der Waals surface area contributed by atoms with Crippen molar-refractivity contribution in [1.29, 1.82) is 0 Å². The van der Waals surface area contributed by atoms with Crippen LogP contribution in [0.15, 0.2) is 36.7 Å². The number of amides is 2. The number of fused-ring (bicyclic) bond motifs is 1. The molecule has 25 heavy (non-hydrogen) atoms. The Kier molecular flexibility index (Phi) is 5.53. The molecule has 1 aromatic carbocycles. The number of nitrogens with one attached hydrogen (secondary N) is 2. The van der Waals surface area contributed by atoms with Crippen LogP contribution < -0.4 is 15.4 Å². The van der Waals surface area contributed by atoms with Crippen LogP contribution >= 0.6 is 0 Å². The van der Waals surface area contributed by atoms with E-state index in [2.05, 4.69) is 22.7 Å². The van der Waals surface area contributed by atoms with Crippen LogP contribution in [0.25, 0.3) is 0 Å². The van der Waals surface area contributed by atoms with E-state index < -0.39 is 0 Å². The Labute approximate surface area is 146 Å². The van der Waals surface area contributed by atoms with Gasteiger partial charge in [-0.25, -0.2) is 9.18 Å². The Morgan fingerprint density at radius 1 is 1.52 bits per heavy atom. The highest BCUT2D eigenvalue weighted by molar-refractivity contribution is 5.74. The van der Waals surface area contributed by atoms with Crippen LogP contribution in [0.3, 0.4) is 0 Å². The van der Waals surface area contributed by atoms with Crippen molar-refractivity contribution in [2.45, 2.75) is 32.4 Å². The highest BCUT2D eigenvalue weighted by Gasteiger charge is 2.22. The Hall–Kier alpha value is -2.57. The Morgan fingerprint density at radius 3 is 3.20 bits per heavy atom. The van der Waals surface area contributed by atoms with E-state index in [1.807, 2.05) is 16.9 Å². The first kappa shape index (κ1) is 17.3. The maximum absolute atomic E-state index is 13.4. The largest absolute Gasteiger partial charge is 0.493 e. The topological polar surface area (TPSA) is 68.2 Å². The third kappa shape index (κ3) is 4.71. The number of rotatable bonds is 5. The molecule has 0 radical (unpaired) electrons. The van der Waals surface area contributed by atoms with Gasteiger partial charge in [-0.2, -0.15) is 5.10 Å². The lowest BCUT2D eigenvalue weighted by Gasteiger charge is -2.20. The molecule has 0 bridgehead atoms. The van der Waals surface area contributed by atoms with Crippen LogP contribution in [-0.2, 0) is 6.54 Å². The molecule has 2 atom stereocenters. The molecule has 2 aromatic rings. The first-order valence-corrected chi connectivity index (χ1v) is 8.56. The fraction of sp³-hybridized carbons (Fsp3) is 0.444. The normalized spacial score (nSPS) is 17.8. The number of hydrogen-bond donors (Lipinski definition) is 2. The molecule has 0 saturated heterocycles. The number of carbonyl (C=O) groups is 1. The van der Waals surface area contributed by atoms with Crippen molar-refractivity contribution in [2.75, 3.05) is 13.2 Å². The average molecular weight is 346 g/mol. The van der Waals surface area contributed by atoms with Gasteiger partial charge in [0.2, 0.25) is 0 Å². The molecule has 0 saturated carbocycles. The molecular weight excluding hydrogens is 323 g/mol. The van der Waals surface area contributed by atoms with Crippen molar-refractivity contribution in [2.24, 2.45) is 5.92 Å². The lowest BCUT2D eigenvalue weighted by Crippen LogP contribution is -2.40. The number of aromatic nitrogens is 2. The predicted octanol–water partition coefficient (Wildman–Crippen LogP) is 2.87. The van der Waals surface area contributed by atoms with Gasteiger partial charge in [-0.15, -0.1) is 0 Å². The standard InChI is InChI=1S/C18H23FN4O2/c1-13(12-23-8-3-7-21-23)11-20-18(24)22-16-4-2-9-25-17-10-14(19)5-6-15(16)17/h3,5-8,10,13,16H,2,4,9,11-12H2,1H3,(H2,20,22,24)/t13-,16-/m0/s1. The second-order valence-corrected chi connectivity index (χ2v) is 6.41. The van der Waals surface area contributed by atoms with Gasteiger partial charge in [0.15, 0.2) is 0 Å². The van der Waals surface area contributed by atoms with Crippen molar-refractivity contribution < 1.29 is 13.9 Å². The summed E-state index contributed by atoms with van der Waals surface area (Å²) in [6.45, 7) is 3.87. The molecule has 0 aliphatic carbocycles. The first-order valence-electron chi connectivity index (χ1n) is 8.56. The minimum Gasteiger partial charge on any atom is -0.493 e. The summed E-state index contributed by atoms with van der Waals surface area (Å²) < 4.78 is 20.8. The first-order chi connectivity index (χ1) is 12.1. The number of benzene rings is 1. The van der Waals surface area contributed by atoms with Gasteiger partial charge in [-0.05, 0) is 30.9 Å². The van der Waals surface area contributed by atoms with Crippen LogP contribution in [0.1, 0.15) is 31.4 Å². The number of carbonyl (C=O) groups excluding carboxylic acids is 1. The molecule has 2 heterocycles. The monoisotopic (exact) mass is 346 g/mol. The van der Waals surface area contributed by atoms with Gasteiger partial charge >= 0.3 is 6.03 Å². The van der Waals surface area contributed by atoms with Gasteiger partial charge in [-0.3, -0.25) is 4.68 Å². The van der Waals surface area contributed by atoms with E-state index in [1.54, 1.807) is 12.3 Å². The van der Waals surface area contributed by atoms with Crippen molar-refractivity contribution in [3.8, 4) is 5.75 Å². The number of urea groups is 1. The van der Waals surface area contributed by atoms with Crippen molar-refractivity contribution in [1.82, 2.24) is 20.4 Å². The van der Waals surface area contributed by atoms with Crippen LogP contribution in [0.4, 0.5) is 9.18 Å². The fourth-order valence-corrected chi connectivity index (χ4v) is 2.96. The molecule has 1 aliphatic heterocycles. The zero-order valence-corrected chi connectivity index (χ0v) is 14.2. The number of hydrogen-bond acceptors (Lipinski definition) is 3. The maximum atomic E-state index is 13.4. The van der Waals surface area contributed by atoms with Crippen LogP contribution in [0.2, 0.25) is 0 Å². The fourth-order valence-electron chi connectivity index (χ4n) is 2.96. The summed E-state index contributed by atoms with van der Waals surface area (Å²) >= 11 is 0. The van der Waals surface area contributed by atoms with E-state index in [0.29, 0.717) is 18.9 Å². The van der Waals surface area contributed by atoms with E-state index in [9.17, 15) is 9.18 Å². The molecular formula is C18H23FN4O2. The second-order valence-electron chi connectivity index (χ2n) is 6.41. The predicted molar refractivity (Wildman–Crippen MR) is 91.8 cm³/mol. The van der Waals surface area contributed by atoms with Gasteiger partial charge in [0.1, 0.15) is 11.6 Å². The van der Waals surface area contributed by atoms with Gasteiger partial charge in [0.25, 0.3) is 0 Å². The van der Waals surface area contributed by atoms with Crippen LogP contribution in [-0.4, -0.2) is 29.0 Å². The van der Waals surface area contributed by atoms with Crippen LogP contribution in [0, 0.1) is 11.7 Å². The summed E-state index contributed by atoms with van der Waals surface area (Å²) in [5.74, 6) is 0.427. The molecule has 0 unspecified atom stereocenters. The van der Waals surface area contributed by atoms with Gasteiger partial charge in [0.05, 0.1) is 12.6 Å². The smallest absolute Gasteiger partial charge is 0.315 e. The third-order valence-corrected chi connectivity index (χ3v) is 4.22. The molecule has 134 valence electrons. The molecule has 0 fully saturated rings. The van der Waals surface area contributed by atoms with Crippen LogP contribution in [0.5, 0.6) is 5.75 Å². The Balaban J connectivity index is 1.54. The lowest BCUT2D eigenvalue weighted by molar-refractivity contribution is 0.233. The molecule has 2 N–H and O–H groups in total. The zero-order chi connectivity index (χ0) is 17.6. The third-order valence-electron chi connectivity index (χ3n) is 4.22. The van der Waals surface area contributed by atoms with Crippen molar-refractivity contribution in [3.63, 3.8) is 0 Å². The SMILES string of the molecule is C[C@@H](CNC(=O)N[C@H]1CCCOc2cc(F)ccc21)Cn1cccn1. The highest BCUT2D eigenvalue weighted by Crippen LogP contribution is 2.31. The quantitative estimate of drug-likeness (QED) is 0.875. The summed E-state index contributed by atoms with van der Waals surface area (Å²) in [7, 11) is 0. The summed E-state index contributed by atoms with van der Waals surface area (Å²) in [4.78, 5) is 12.2. The molecule has 1 aliphatic rings. The number of ether oxygens (including phenoxy) is 1. The van der Waals surface area contributed by atoms with Gasteiger partial charge in [0, 0.05) is 37.1 Å². The average Bonchev–Trinajstić information content (AvgIpc) is 3.01. The highest BCUT2D eigenvalue weighted by atomic mass is 19.1. The molecule has 6 nitrogen and oxygen atoms in total. The van der Waals surface area contributed by atoms with E-state index in [1.165, 1.54) is 12.1 Å². The minimum absolute atomic E-state index is 0.181. The molecule has 0 spiro atoms. The Morgan fingerprint density at radius 2 is 2.40 bits per heavy atom. The molecule has 1 aromatic heterocycles. The zero-order valence-electron chi connectivity index (χ0n) is 14.2. The molecule has 3 rings (SSSR count). The summed E-state index contributed by atoms with van der Waals surface area (Å²) in [6, 6.07) is 5.92. The van der Waals surface area contributed by atoms with Crippen molar-refractivity contribution in [3.05, 3.63) is 48.0 Å². The molecule has 7 heteroatoms. The summed E-state index contributed by atoms with van der Waals surface area (Å²) in [5, 5.41) is 10.0. The molecule has 2 amide bonds. The Bertz CT molecular complexity index is 705. The maximum Gasteiger partial charge on any atom is 0.315 e. The van der Waals surface area contributed by atoms with Gasteiger partial charge < -0.3 is 15.4 Å². The summed E-state index contributed by atoms with van der Waals surface area (Å²) in [5.41, 5.74) is 0.818.